The van der Waals surface area contributed by atoms with Crippen molar-refractivity contribution in [3.8, 4) is 11.4 Å². The van der Waals surface area contributed by atoms with Gasteiger partial charge in [0.1, 0.15) is 0 Å². The number of hydrogen-bond donors (Lipinski definition) is 0. The zero-order valence-electron chi connectivity index (χ0n) is 11.6. The van der Waals surface area contributed by atoms with Gasteiger partial charge in [-0.25, -0.2) is 0 Å². The van der Waals surface area contributed by atoms with E-state index >= 15 is 0 Å². The zero-order valence-corrected chi connectivity index (χ0v) is 12.4. The summed E-state index contributed by atoms with van der Waals surface area (Å²) in [5.41, 5.74) is 2.28. The van der Waals surface area contributed by atoms with E-state index in [1.54, 1.807) is 11.3 Å². The molecule has 0 spiro atoms. The number of hydrogen-bond acceptors (Lipinski definition) is 3. The van der Waals surface area contributed by atoms with Crippen LogP contribution in [0.4, 0.5) is 0 Å². The van der Waals surface area contributed by atoms with Crippen molar-refractivity contribution in [1.29, 1.82) is 0 Å². The van der Waals surface area contributed by atoms with Crippen LogP contribution in [0, 0.1) is 0 Å². The second kappa shape index (κ2) is 4.39. The Balaban J connectivity index is 1.93. The Hall–Kier alpha value is -2.72. The molecule has 2 aromatic heterocycles. The first-order chi connectivity index (χ1) is 10.9. The maximum absolute atomic E-state index is 4.45. The van der Waals surface area contributed by atoms with Gasteiger partial charge >= 0.3 is 0 Å². The van der Waals surface area contributed by atoms with Crippen molar-refractivity contribution >= 4 is 37.3 Å². The lowest BCUT2D eigenvalue weighted by Crippen LogP contribution is -1.89. The average Bonchev–Trinajstić information content (AvgIpc) is 3.13. The molecule has 0 bridgehead atoms. The van der Waals surface area contributed by atoms with Gasteiger partial charge in [-0.2, -0.15) is 0 Å². The minimum atomic E-state index is 0.907. The highest BCUT2D eigenvalue weighted by atomic mass is 32.1. The van der Waals surface area contributed by atoms with E-state index < -0.39 is 0 Å². The summed E-state index contributed by atoms with van der Waals surface area (Å²) in [5, 5.41) is 11.2. The summed E-state index contributed by atoms with van der Waals surface area (Å²) in [4.78, 5) is 0.934. The first-order valence-corrected chi connectivity index (χ1v) is 7.94. The fraction of sp³-hybridized carbons (Fsp3) is 0. The van der Waals surface area contributed by atoms with E-state index in [4.69, 9.17) is 0 Å². The fourth-order valence-corrected chi connectivity index (χ4v) is 3.94. The predicted octanol–water partition coefficient (Wildman–Crippen LogP) is 4.76. The van der Waals surface area contributed by atoms with E-state index in [1.165, 1.54) is 15.5 Å². The van der Waals surface area contributed by atoms with Gasteiger partial charge in [0.05, 0.1) is 10.2 Å². The molecule has 0 radical (unpaired) electrons. The number of nitrogens with zero attached hydrogens (tertiary/aromatic N) is 3. The monoisotopic (exact) mass is 301 g/mol. The summed E-state index contributed by atoms with van der Waals surface area (Å²) in [7, 11) is 0. The van der Waals surface area contributed by atoms with Gasteiger partial charge in [-0.15, -0.1) is 10.2 Å². The third kappa shape index (κ3) is 1.55. The molecule has 0 saturated heterocycles. The molecule has 0 saturated carbocycles. The quantitative estimate of drug-likeness (QED) is 0.446. The van der Waals surface area contributed by atoms with Gasteiger partial charge < -0.3 is 0 Å². The van der Waals surface area contributed by atoms with Crippen LogP contribution in [-0.2, 0) is 0 Å². The molecule has 0 aliphatic rings. The first kappa shape index (κ1) is 11.9. The van der Waals surface area contributed by atoms with Crippen LogP contribution in [-0.4, -0.2) is 14.6 Å². The molecule has 0 aliphatic carbocycles. The minimum absolute atomic E-state index is 0.907. The van der Waals surface area contributed by atoms with E-state index in [2.05, 4.69) is 81.3 Å². The third-order valence-corrected chi connectivity index (χ3v) is 4.98. The molecule has 0 unspecified atom stereocenters. The predicted molar refractivity (Wildman–Crippen MR) is 91.3 cm³/mol. The summed E-state index contributed by atoms with van der Waals surface area (Å²) in [6.45, 7) is 0. The second-order valence-electron chi connectivity index (χ2n) is 5.24. The molecule has 4 heteroatoms. The molecular weight excluding hydrogens is 290 g/mol. The maximum atomic E-state index is 4.45. The second-order valence-corrected chi connectivity index (χ2v) is 6.25. The van der Waals surface area contributed by atoms with Crippen LogP contribution < -0.4 is 0 Å². The van der Waals surface area contributed by atoms with Crippen molar-refractivity contribution in [1.82, 2.24) is 14.6 Å². The molecular formula is C18H11N3S. The van der Waals surface area contributed by atoms with Crippen molar-refractivity contribution in [2.45, 2.75) is 0 Å². The largest absolute Gasteiger partial charge is 0.265 e. The Morgan fingerprint density at radius 2 is 1.59 bits per heavy atom. The molecule has 5 rings (SSSR count). The molecule has 3 nitrogen and oxygen atoms in total. The normalized spacial score (nSPS) is 11.6. The molecule has 22 heavy (non-hydrogen) atoms. The molecule has 2 heterocycles. The lowest BCUT2D eigenvalue weighted by Gasteiger charge is -2.04. The number of fused-ring (bicyclic) bond motifs is 4. The van der Waals surface area contributed by atoms with Crippen LogP contribution in [0.1, 0.15) is 0 Å². The summed E-state index contributed by atoms with van der Waals surface area (Å²) in [5.74, 6) is 0.907. The molecule has 3 aromatic carbocycles. The molecule has 0 amide bonds. The standard InChI is InChI=1S/C18H11N3S/c1-2-8-13-12(6-1)7-5-9-14(13)17-19-20-18-21(17)15-10-3-4-11-16(15)22-18/h1-11H. The molecule has 0 atom stereocenters. The molecule has 0 fully saturated rings. The van der Waals surface area contributed by atoms with Crippen LogP contribution in [0.5, 0.6) is 0 Å². The smallest absolute Gasteiger partial charge is 0.217 e. The van der Waals surface area contributed by atoms with E-state index in [9.17, 15) is 0 Å². The Labute approximate surface area is 130 Å². The molecule has 104 valence electrons. The van der Waals surface area contributed by atoms with Crippen LogP contribution in [0.25, 0.3) is 37.3 Å². The van der Waals surface area contributed by atoms with E-state index in [-0.39, 0.29) is 0 Å². The van der Waals surface area contributed by atoms with Crippen molar-refractivity contribution < 1.29 is 0 Å². The van der Waals surface area contributed by atoms with E-state index in [0.717, 1.165) is 21.9 Å². The van der Waals surface area contributed by atoms with Gasteiger partial charge in [-0.3, -0.25) is 4.40 Å². The highest BCUT2D eigenvalue weighted by Gasteiger charge is 2.15. The van der Waals surface area contributed by atoms with Crippen LogP contribution in [0.3, 0.4) is 0 Å². The minimum Gasteiger partial charge on any atom is -0.265 e. The van der Waals surface area contributed by atoms with Crippen LogP contribution in [0.15, 0.2) is 66.7 Å². The summed E-state index contributed by atoms with van der Waals surface area (Å²) in [6, 6.07) is 23.1. The maximum Gasteiger partial charge on any atom is 0.217 e. The Morgan fingerprint density at radius 3 is 2.59 bits per heavy atom. The Morgan fingerprint density at radius 1 is 0.773 bits per heavy atom. The lowest BCUT2D eigenvalue weighted by molar-refractivity contribution is 1.12. The van der Waals surface area contributed by atoms with Gasteiger partial charge in [0, 0.05) is 5.56 Å². The summed E-state index contributed by atoms with van der Waals surface area (Å²) >= 11 is 1.67. The topological polar surface area (TPSA) is 30.2 Å². The van der Waals surface area contributed by atoms with Gasteiger partial charge in [-0.1, -0.05) is 65.9 Å². The number of para-hydroxylation sites is 1. The molecule has 0 N–H and O–H groups in total. The van der Waals surface area contributed by atoms with Gasteiger partial charge in [-0.05, 0) is 22.9 Å². The van der Waals surface area contributed by atoms with Gasteiger partial charge in [0.2, 0.25) is 4.96 Å². The zero-order chi connectivity index (χ0) is 14.5. The lowest BCUT2D eigenvalue weighted by atomic mass is 10.0. The number of aromatic nitrogens is 3. The fourth-order valence-electron chi connectivity index (χ4n) is 2.97. The van der Waals surface area contributed by atoms with Gasteiger partial charge in [0.15, 0.2) is 5.82 Å². The highest BCUT2D eigenvalue weighted by molar-refractivity contribution is 7.23. The number of thiazole rings is 1. The third-order valence-electron chi connectivity index (χ3n) is 3.97. The summed E-state index contributed by atoms with van der Waals surface area (Å²) < 4.78 is 3.38. The Kier molecular flexibility index (Phi) is 2.37. The van der Waals surface area contributed by atoms with Crippen molar-refractivity contribution in [2.75, 3.05) is 0 Å². The number of benzene rings is 3. The highest BCUT2D eigenvalue weighted by Crippen LogP contribution is 2.32. The van der Waals surface area contributed by atoms with Crippen molar-refractivity contribution in [3.05, 3.63) is 66.7 Å². The number of rotatable bonds is 1. The van der Waals surface area contributed by atoms with Crippen molar-refractivity contribution in [2.24, 2.45) is 0 Å². The van der Waals surface area contributed by atoms with Crippen LogP contribution in [0.2, 0.25) is 0 Å². The van der Waals surface area contributed by atoms with Crippen LogP contribution >= 0.6 is 11.3 Å². The first-order valence-electron chi connectivity index (χ1n) is 7.12. The van der Waals surface area contributed by atoms with Crippen molar-refractivity contribution in [3.63, 3.8) is 0 Å². The van der Waals surface area contributed by atoms with E-state index in [0.29, 0.717) is 0 Å². The van der Waals surface area contributed by atoms with E-state index in [1.807, 2.05) is 0 Å². The van der Waals surface area contributed by atoms with Gasteiger partial charge in [0.25, 0.3) is 0 Å². The average molecular weight is 301 g/mol. The Bertz CT molecular complexity index is 1130. The summed E-state index contributed by atoms with van der Waals surface area (Å²) in [6.07, 6.45) is 0. The molecule has 5 aromatic rings. The molecule has 0 aliphatic heterocycles. The SMILES string of the molecule is c1ccc2c(-c3nnc4sc5ccccc5n34)cccc2c1.